The number of carbonyl (C=O) groups is 2. The van der Waals surface area contributed by atoms with Gasteiger partial charge in [-0.2, -0.15) is 13.2 Å². The van der Waals surface area contributed by atoms with Crippen molar-refractivity contribution in [3.8, 4) is 5.75 Å². The fourth-order valence-electron chi connectivity index (χ4n) is 3.75. The molecule has 6 nitrogen and oxygen atoms in total. The number of methoxy groups -OCH3 is 1. The Morgan fingerprint density at radius 1 is 1.33 bits per heavy atom. The van der Waals surface area contributed by atoms with Crippen molar-refractivity contribution in [2.75, 3.05) is 20.7 Å². The number of rotatable bonds is 6. The summed E-state index contributed by atoms with van der Waals surface area (Å²) in [4.78, 5) is 26.0. The second-order valence-electron chi connectivity index (χ2n) is 6.66. The van der Waals surface area contributed by atoms with Crippen LogP contribution in [0.1, 0.15) is 31.4 Å². The molecule has 3 atom stereocenters. The van der Waals surface area contributed by atoms with Crippen LogP contribution < -0.4 is 10.1 Å². The minimum atomic E-state index is -4.54. The molecule has 0 aromatic heterocycles. The van der Waals surface area contributed by atoms with Gasteiger partial charge in [-0.1, -0.05) is 19.1 Å². The normalized spacial score (nSPS) is 26.0. The van der Waals surface area contributed by atoms with Crippen molar-refractivity contribution >= 4 is 11.9 Å². The molecule has 1 aromatic carbocycles. The van der Waals surface area contributed by atoms with Gasteiger partial charge >= 0.3 is 12.1 Å². The van der Waals surface area contributed by atoms with Crippen LogP contribution in [-0.4, -0.2) is 54.3 Å². The molecule has 0 unspecified atom stereocenters. The zero-order valence-corrected chi connectivity index (χ0v) is 15.3. The van der Waals surface area contributed by atoms with E-state index in [9.17, 15) is 27.9 Å². The number of alkyl halides is 3. The molecule has 0 bridgehead atoms. The first-order chi connectivity index (χ1) is 12.6. The maximum atomic E-state index is 12.5. The summed E-state index contributed by atoms with van der Waals surface area (Å²) in [6.45, 7) is 0.235. The maximum absolute atomic E-state index is 12.5. The average Bonchev–Trinajstić information content (AvgIpc) is 2.93. The number of hydrogen-bond donors (Lipinski definition) is 2. The lowest BCUT2D eigenvalue weighted by atomic mass is 9.87. The standard InChI is InChI=1S/C18H23F3N2O4/c1-4-17(16(25)26)9-13(15(24)22-10-18(19,20)21)14(23(17)2)11-5-7-12(27-3)8-6-11/h5-8,13-14H,4,9-10H2,1-3H3,(H,22,24)(H,25,26)/t13-,14-,17-/m0/s1. The quantitative estimate of drug-likeness (QED) is 0.783. The topological polar surface area (TPSA) is 78.9 Å². The van der Waals surface area contributed by atoms with Crippen LogP contribution in [0, 0.1) is 5.92 Å². The van der Waals surface area contributed by atoms with Crippen molar-refractivity contribution in [2.45, 2.75) is 37.5 Å². The Bertz CT molecular complexity index is 693. The number of carboxylic acid groups (broad SMARTS) is 1. The van der Waals surface area contributed by atoms with Crippen molar-refractivity contribution in [1.29, 1.82) is 0 Å². The zero-order chi connectivity index (χ0) is 20.4. The highest BCUT2D eigenvalue weighted by Gasteiger charge is 2.56. The summed E-state index contributed by atoms with van der Waals surface area (Å²) in [5.74, 6) is -2.26. The highest BCUT2D eigenvalue weighted by Crippen LogP contribution is 2.47. The highest BCUT2D eigenvalue weighted by atomic mass is 19.4. The lowest BCUT2D eigenvalue weighted by Crippen LogP contribution is -2.48. The van der Waals surface area contributed by atoms with Gasteiger partial charge in [0.05, 0.1) is 13.0 Å². The molecule has 1 amide bonds. The number of likely N-dealkylation sites (tertiary alicyclic amines) is 1. The summed E-state index contributed by atoms with van der Waals surface area (Å²) >= 11 is 0. The monoisotopic (exact) mass is 388 g/mol. The summed E-state index contributed by atoms with van der Waals surface area (Å²) in [6.07, 6.45) is -4.39. The summed E-state index contributed by atoms with van der Waals surface area (Å²) in [5.41, 5.74) is -0.688. The Morgan fingerprint density at radius 3 is 2.37 bits per heavy atom. The summed E-state index contributed by atoms with van der Waals surface area (Å²) < 4.78 is 42.6. The molecule has 2 rings (SSSR count). The van der Waals surface area contributed by atoms with E-state index in [1.165, 1.54) is 7.11 Å². The van der Waals surface area contributed by atoms with Gasteiger partial charge in [0, 0.05) is 6.04 Å². The molecule has 1 heterocycles. The number of aliphatic carboxylic acids is 1. The molecule has 0 spiro atoms. The van der Waals surface area contributed by atoms with Crippen LogP contribution in [0.4, 0.5) is 13.2 Å². The van der Waals surface area contributed by atoms with E-state index in [1.807, 2.05) is 5.32 Å². The molecule has 0 radical (unpaired) electrons. The fraction of sp³-hybridized carbons (Fsp3) is 0.556. The summed E-state index contributed by atoms with van der Waals surface area (Å²) in [6, 6.07) is 6.05. The van der Waals surface area contributed by atoms with Gasteiger partial charge in [-0.25, -0.2) is 0 Å². The van der Waals surface area contributed by atoms with Gasteiger partial charge in [0.25, 0.3) is 0 Å². The molecule has 27 heavy (non-hydrogen) atoms. The van der Waals surface area contributed by atoms with E-state index in [0.717, 1.165) is 0 Å². The first-order valence-electron chi connectivity index (χ1n) is 8.50. The Kier molecular flexibility index (Phi) is 6.04. The molecule has 1 saturated heterocycles. The molecule has 150 valence electrons. The lowest BCUT2D eigenvalue weighted by Gasteiger charge is -2.34. The van der Waals surface area contributed by atoms with Gasteiger partial charge in [-0.05, 0) is 37.6 Å². The third-order valence-electron chi connectivity index (χ3n) is 5.27. The van der Waals surface area contributed by atoms with E-state index in [1.54, 1.807) is 43.1 Å². The van der Waals surface area contributed by atoms with E-state index in [2.05, 4.69) is 0 Å². The number of nitrogens with one attached hydrogen (secondary N) is 1. The number of amides is 1. The van der Waals surface area contributed by atoms with Crippen LogP contribution in [0.15, 0.2) is 24.3 Å². The Morgan fingerprint density at radius 2 is 1.93 bits per heavy atom. The molecule has 9 heteroatoms. The number of benzene rings is 1. The second-order valence-corrected chi connectivity index (χ2v) is 6.66. The molecule has 0 saturated carbocycles. The van der Waals surface area contributed by atoms with Crippen LogP contribution in [-0.2, 0) is 9.59 Å². The SMILES string of the molecule is CC[C@@]1(C(=O)O)C[C@H](C(=O)NCC(F)(F)F)[C@H](c2ccc(OC)cc2)N1C. The minimum Gasteiger partial charge on any atom is -0.497 e. The van der Waals surface area contributed by atoms with E-state index in [0.29, 0.717) is 11.3 Å². The highest BCUT2D eigenvalue weighted by molar-refractivity contribution is 5.85. The third-order valence-corrected chi connectivity index (χ3v) is 5.27. The van der Waals surface area contributed by atoms with Crippen molar-refractivity contribution in [2.24, 2.45) is 5.92 Å². The molecule has 2 N–H and O–H groups in total. The first kappa shape index (κ1) is 21.0. The molecule has 1 aliphatic heterocycles. The average molecular weight is 388 g/mol. The Labute approximate surface area is 155 Å². The number of hydrogen-bond acceptors (Lipinski definition) is 4. The van der Waals surface area contributed by atoms with E-state index >= 15 is 0 Å². The second kappa shape index (κ2) is 7.75. The molecular weight excluding hydrogens is 365 g/mol. The molecule has 0 aliphatic carbocycles. The van der Waals surface area contributed by atoms with Crippen LogP contribution >= 0.6 is 0 Å². The van der Waals surface area contributed by atoms with Gasteiger partial charge in [-0.15, -0.1) is 0 Å². The number of likely N-dealkylation sites (N-methyl/N-ethyl adjacent to an activating group) is 1. The minimum absolute atomic E-state index is 0.0737. The van der Waals surface area contributed by atoms with Crippen molar-refractivity contribution in [3.63, 3.8) is 0 Å². The smallest absolute Gasteiger partial charge is 0.405 e. The summed E-state index contributed by atoms with van der Waals surface area (Å²) in [7, 11) is 3.08. The van der Waals surface area contributed by atoms with Crippen LogP contribution in [0.25, 0.3) is 0 Å². The Hall–Kier alpha value is -2.29. The lowest BCUT2D eigenvalue weighted by molar-refractivity contribution is -0.150. The Balaban J connectivity index is 2.40. The van der Waals surface area contributed by atoms with Gasteiger partial charge in [0.2, 0.25) is 5.91 Å². The summed E-state index contributed by atoms with van der Waals surface area (Å²) in [5, 5.41) is 11.7. The van der Waals surface area contributed by atoms with Crippen molar-refractivity contribution in [1.82, 2.24) is 10.2 Å². The fourth-order valence-corrected chi connectivity index (χ4v) is 3.75. The van der Waals surface area contributed by atoms with Gasteiger partial charge in [0.15, 0.2) is 0 Å². The van der Waals surface area contributed by atoms with Crippen LogP contribution in [0.2, 0.25) is 0 Å². The zero-order valence-electron chi connectivity index (χ0n) is 15.3. The molecule has 1 aromatic rings. The largest absolute Gasteiger partial charge is 0.497 e. The number of ether oxygens (including phenoxy) is 1. The van der Waals surface area contributed by atoms with Gasteiger partial charge in [-0.3, -0.25) is 14.5 Å². The molecular formula is C18H23F3N2O4. The number of nitrogens with zero attached hydrogens (tertiary/aromatic N) is 1. The molecule has 1 fully saturated rings. The number of carboxylic acids is 1. The number of halogens is 3. The predicted octanol–water partition coefficient (Wildman–Crippen LogP) is 2.60. The van der Waals surface area contributed by atoms with Gasteiger partial charge in [0.1, 0.15) is 17.8 Å². The predicted molar refractivity (Wildman–Crippen MR) is 91.3 cm³/mol. The van der Waals surface area contributed by atoms with Crippen LogP contribution in [0.5, 0.6) is 5.75 Å². The van der Waals surface area contributed by atoms with Crippen molar-refractivity contribution < 1.29 is 32.6 Å². The van der Waals surface area contributed by atoms with E-state index in [4.69, 9.17) is 4.74 Å². The van der Waals surface area contributed by atoms with Crippen molar-refractivity contribution in [3.05, 3.63) is 29.8 Å². The van der Waals surface area contributed by atoms with Gasteiger partial charge < -0.3 is 15.2 Å². The first-order valence-corrected chi connectivity index (χ1v) is 8.50. The van der Waals surface area contributed by atoms with E-state index < -0.39 is 42.1 Å². The maximum Gasteiger partial charge on any atom is 0.405 e. The number of carbonyl (C=O) groups excluding carboxylic acids is 1. The van der Waals surface area contributed by atoms with E-state index in [-0.39, 0.29) is 12.8 Å². The molecule has 1 aliphatic rings. The van der Waals surface area contributed by atoms with Crippen LogP contribution in [0.3, 0.4) is 0 Å². The third kappa shape index (κ3) is 4.18.